The molecule has 0 bridgehead atoms. The summed E-state index contributed by atoms with van der Waals surface area (Å²) in [4.78, 5) is 33.1. The predicted molar refractivity (Wildman–Crippen MR) is 120 cm³/mol. The lowest BCUT2D eigenvalue weighted by Crippen LogP contribution is -2.49. The van der Waals surface area contributed by atoms with E-state index < -0.39 is 0 Å². The van der Waals surface area contributed by atoms with E-state index in [1.807, 2.05) is 18.2 Å². The molecule has 1 aliphatic rings. The fourth-order valence-corrected chi connectivity index (χ4v) is 3.30. The third kappa shape index (κ3) is 7.36. The van der Waals surface area contributed by atoms with Crippen LogP contribution in [0.1, 0.15) is 43.2 Å². The normalized spacial score (nSPS) is 14.9. The molecule has 0 radical (unpaired) electrons. The van der Waals surface area contributed by atoms with Crippen molar-refractivity contribution >= 4 is 12.0 Å². The van der Waals surface area contributed by atoms with Crippen molar-refractivity contribution in [1.82, 2.24) is 20.1 Å². The Balaban J connectivity index is 1.43. The molecule has 166 valence electrons. The number of amides is 2. The lowest BCUT2D eigenvalue weighted by molar-refractivity contribution is 0.0949. The number of benzene rings is 1. The molecule has 1 aromatic heterocycles. The van der Waals surface area contributed by atoms with Crippen LogP contribution in [0, 0.1) is 5.41 Å². The van der Waals surface area contributed by atoms with Crippen LogP contribution >= 0.6 is 0 Å². The van der Waals surface area contributed by atoms with E-state index in [2.05, 4.69) is 36.0 Å². The van der Waals surface area contributed by atoms with E-state index in [1.165, 1.54) is 0 Å². The van der Waals surface area contributed by atoms with Crippen molar-refractivity contribution < 1.29 is 14.3 Å². The first-order valence-corrected chi connectivity index (χ1v) is 10.8. The second-order valence-corrected chi connectivity index (χ2v) is 9.04. The predicted octanol–water partition coefficient (Wildman–Crippen LogP) is 3.56. The van der Waals surface area contributed by atoms with Crippen LogP contribution in [0.3, 0.4) is 0 Å². The van der Waals surface area contributed by atoms with E-state index in [-0.39, 0.29) is 17.4 Å². The molecular weight excluding hydrogens is 392 g/mol. The van der Waals surface area contributed by atoms with Crippen LogP contribution in [0.4, 0.5) is 4.79 Å². The number of aromatic nitrogens is 1. The second kappa shape index (κ2) is 10.4. The molecule has 1 fully saturated rings. The first-order valence-electron chi connectivity index (χ1n) is 10.8. The van der Waals surface area contributed by atoms with E-state index in [0.717, 1.165) is 31.7 Å². The lowest BCUT2D eigenvalue weighted by atomic mass is 9.92. The Morgan fingerprint density at radius 2 is 1.74 bits per heavy atom. The molecule has 3 rings (SSSR count). The summed E-state index contributed by atoms with van der Waals surface area (Å²) in [7, 11) is 0. The second-order valence-electron chi connectivity index (χ2n) is 9.04. The van der Waals surface area contributed by atoms with Crippen LogP contribution < -0.4 is 10.1 Å². The molecule has 31 heavy (non-hydrogen) atoms. The summed E-state index contributed by atoms with van der Waals surface area (Å²) in [6, 6.07) is 12.6. The minimum absolute atomic E-state index is 0.119. The Morgan fingerprint density at radius 1 is 1.03 bits per heavy atom. The van der Waals surface area contributed by atoms with Crippen molar-refractivity contribution in [1.29, 1.82) is 0 Å². The zero-order valence-electron chi connectivity index (χ0n) is 18.6. The average molecular weight is 425 g/mol. The van der Waals surface area contributed by atoms with Crippen LogP contribution in [0.2, 0.25) is 0 Å². The molecule has 1 saturated heterocycles. The number of hydrogen-bond donors (Lipinski definition) is 1. The molecule has 1 aliphatic heterocycles. The number of ether oxygens (including phenoxy) is 1. The van der Waals surface area contributed by atoms with Crippen LogP contribution in [-0.4, -0.2) is 59.5 Å². The third-order valence-electron chi connectivity index (χ3n) is 5.22. The largest absolute Gasteiger partial charge is 0.415 e. The molecule has 0 atom stereocenters. The van der Waals surface area contributed by atoms with Gasteiger partial charge >= 0.3 is 6.09 Å². The molecule has 2 amide bonds. The van der Waals surface area contributed by atoms with E-state index in [1.54, 1.807) is 35.4 Å². The van der Waals surface area contributed by atoms with E-state index in [9.17, 15) is 9.59 Å². The summed E-state index contributed by atoms with van der Waals surface area (Å²) in [5.74, 6) is 0.318. The number of pyridine rings is 1. The van der Waals surface area contributed by atoms with Crippen LogP contribution in [0.15, 0.2) is 48.7 Å². The molecule has 0 unspecified atom stereocenters. The summed E-state index contributed by atoms with van der Waals surface area (Å²) in [6.45, 7) is 10.6. The Labute approximate surface area is 184 Å². The molecule has 7 nitrogen and oxygen atoms in total. The van der Waals surface area contributed by atoms with Gasteiger partial charge in [0.1, 0.15) is 5.75 Å². The lowest BCUT2D eigenvalue weighted by Gasteiger charge is -2.33. The zero-order chi connectivity index (χ0) is 22.3. The van der Waals surface area contributed by atoms with Gasteiger partial charge in [0, 0.05) is 51.0 Å². The number of rotatable bonds is 6. The summed E-state index contributed by atoms with van der Waals surface area (Å²) >= 11 is 0. The van der Waals surface area contributed by atoms with E-state index >= 15 is 0 Å². The van der Waals surface area contributed by atoms with Crippen molar-refractivity contribution in [3.05, 3.63) is 59.9 Å². The Hall–Kier alpha value is -2.93. The number of piperazine rings is 1. The first-order chi connectivity index (χ1) is 14.8. The quantitative estimate of drug-likeness (QED) is 0.767. The maximum absolute atomic E-state index is 12.5. The van der Waals surface area contributed by atoms with Gasteiger partial charge in [0.2, 0.25) is 0 Å². The van der Waals surface area contributed by atoms with Crippen LogP contribution in [-0.2, 0) is 6.54 Å². The van der Waals surface area contributed by atoms with Gasteiger partial charge in [0.25, 0.3) is 5.91 Å². The fraction of sp³-hybridized carbons (Fsp3) is 0.458. The smallest absolute Gasteiger partial charge is 0.410 e. The molecule has 1 aromatic carbocycles. The Morgan fingerprint density at radius 3 is 2.35 bits per heavy atom. The number of nitrogens with one attached hydrogen (secondary N) is 1. The van der Waals surface area contributed by atoms with Crippen LogP contribution in [0.25, 0.3) is 0 Å². The van der Waals surface area contributed by atoms with Gasteiger partial charge in [-0.3, -0.25) is 14.7 Å². The van der Waals surface area contributed by atoms with E-state index in [4.69, 9.17) is 4.74 Å². The van der Waals surface area contributed by atoms with Crippen LogP contribution in [0.5, 0.6) is 5.75 Å². The minimum Gasteiger partial charge on any atom is -0.410 e. The Kier molecular flexibility index (Phi) is 7.63. The zero-order valence-corrected chi connectivity index (χ0v) is 18.6. The topological polar surface area (TPSA) is 74.8 Å². The molecule has 7 heteroatoms. The fourth-order valence-electron chi connectivity index (χ4n) is 3.30. The van der Waals surface area contributed by atoms with Gasteiger partial charge in [-0.15, -0.1) is 0 Å². The first kappa shape index (κ1) is 22.7. The minimum atomic E-state index is -0.361. The summed E-state index contributed by atoms with van der Waals surface area (Å²) in [6.07, 6.45) is 2.34. The number of hydrogen-bond acceptors (Lipinski definition) is 5. The van der Waals surface area contributed by atoms with Gasteiger partial charge < -0.3 is 15.0 Å². The monoisotopic (exact) mass is 424 g/mol. The van der Waals surface area contributed by atoms with Crippen molar-refractivity contribution in [3.63, 3.8) is 0 Å². The maximum atomic E-state index is 12.5. The molecule has 2 heterocycles. The van der Waals surface area contributed by atoms with Crippen molar-refractivity contribution in [3.8, 4) is 5.75 Å². The molecule has 0 spiro atoms. The van der Waals surface area contributed by atoms with Gasteiger partial charge in [-0.1, -0.05) is 26.8 Å². The highest BCUT2D eigenvalue weighted by Gasteiger charge is 2.23. The molecule has 0 saturated carbocycles. The van der Waals surface area contributed by atoms with Gasteiger partial charge in [-0.2, -0.15) is 0 Å². The van der Waals surface area contributed by atoms with Crippen molar-refractivity contribution in [2.24, 2.45) is 5.41 Å². The third-order valence-corrected chi connectivity index (χ3v) is 5.22. The molecule has 1 N–H and O–H groups in total. The summed E-state index contributed by atoms with van der Waals surface area (Å²) in [5, 5.41) is 2.92. The SMILES string of the molecule is CC(C)(C)CCNC(=O)c1ccc(OC(=O)N2CCN(Cc3ccccn3)CC2)cc1. The maximum Gasteiger partial charge on any atom is 0.415 e. The number of carbonyl (C=O) groups is 2. The highest BCUT2D eigenvalue weighted by molar-refractivity contribution is 5.94. The summed E-state index contributed by atoms with van der Waals surface area (Å²) in [5.41, 5.74) is 1.76. The van der Waals surface area contributed by atoms with Gasteiger partial charge in [-0.25, -0.2) is 4.79 Å². The van der Waals surface area contributed by atoms with E-state index in [0.29, 0.717) is 30.9 Å². The standard InChI is InChI=1S/C24H32N4O3/c1-24(2,3)11-13-26-22(29)19-7-9-21(10-8-19)31-23(30)28-16-14-27(15-17-28)18-20-6-4-5-12-25-20/h4-10,12H,11,13-18H2,1-3H3,(H,26,29). The van der Waals surface area contributed by atoms with Crippen molar-refractivity contribution in [2.75, 3.05) is 32.7 Å². The number of carbonyl (C=O) groups excluding carboxylic acids is 2. The van der Waals surface area contributed by atoms with Gasteiger partial charge in [0.15, 0.2) is 0 Å². The highest BCUT2D eigenvalue weighted by Crippen LogP contribution is 2.18. The van der Waals surface area contributed by atoms with Gasteiger partial charge in [-0.05, 0) is 48.2 Å². The Bertz CT molecular complexity index is 855. The molecular formula is C24H32N4O3. The molecule has 0 aliphatic carbocycles. The van der Waals surface area contributed by atoms with Gasteiger partial charge in [0.05, 0.1) is 5.69 Å². The summed E-state index contributed by atoms with van der Waals surface area (Å²) < 4.78 is 5.49. The van der Waals surface area contributed by atoms with Crippen molar-refractivity contribution in [2.45, 2.75) is 33.7 Å². The average Bonchev–Trinajstić information content (AvgIpc) is 2.74. The highest BCUT2D eigenvalue weighted by atomic mass is 16.6. The number of nitrogens with zero attached hydrogens (tertiary/aromatic N) is 3. The molecule has 2 aromatic rings.